The molecule has 4 rings (SSSR count). The van der Waals surface area contributed by atoms with Crippen LogP contribution in [0.3, 0.4) is 0 Å². The van der Waals surface area contributed by atoms with Gasteiger partial charge in [0.1, 0.15) is 0 Å². The third-order valence-corrected chi connectivity index (χ3v) is 5.72. The van der Waals surface area contributed by atoms with Crippen LogP contribution < -0.4 is 0 Å². The quantitative estimate of drug-likeness (QED) is 0.661. The Kier molecular flexibility index (Phi) is 5.65. The summed E-state index contributed by atoms with van der Waals surface area (Å²) in [6.07, 6.45) is 0. The van der Waals surface area contributed by atoms with Crippen LogP contribution in [0.2, 0.25) is 5.02 Å². The maximum absolute atomic E-state index is 13.2. The fourth-order valence-electron chi connectivity index (χ4n) is 3.84. The molecule has 6 nitrogen and oxygen atoms in total. The topological polar surface area (TPSA) is 54.3 Å². The van der Waals surface area contributed by atoms with Crippen molar-refractivity contribution < 1.29 is 4.79 Å². The van der Waals surface area contributed by atoms with Crippen LogP contribution >= 0.6 is 11.6 Å². The van der Waals surface area contributed by atoms with Crippen molar-refractivity contribution in [2.75, 3.05) is 19.6 Å². The van der Waals surface area contributed by atoms with Gasteiger partial charge in [-0.25, -0.2) is 4.68 Å². The Morgan fingerprint density at radius 2 is 1.83 bits per heavy atom. The normalized spacial score (nSPS) is 17.5. The smallest absolute Gasteiger partial charge is 0.276 e. The summed E-state index contributed by atoms with van der Waals surface area (Å²) in [6, 6.07) is 17.9. The van der Waals surface area contributed by atoms with E-state index >= 15 is 0 Å². The molecule has 1 atom stereocenters. The van der Waals surface area contributed by atoms with Crippen molar-refractivity contribution in [3.8, 4) is 5.69 Å². The molecule has 0 aliphatic carbocycles. The summed E-state index contributed by atoms with van der Waals surface area (Å²) in [5, 5.41) is 8.93. The van der Waals surface area contributed by atoms with Gasteiger partial charge in [-0.3, -0.25) is 9.69 Å². The molecular formula is C22H24ClN5O. The molecule has 7 heteroatoms. The van der Waals surface area contributed by atoms with Gasteiger partial charge in [-0.05, 0) is 31.5 Å². The lowest BCUT2D eigenvalue weighted by atomic mass is 10.1. The van der Waals surface area contributed by atoms with E-state index < -0.39 is 0 Å². The third-order valence-electron chi connectivity index (χ3n) is 5.40. The maximum atomic E-state index is 13.2. The first-order valence-electron chi connectivity index (χ1n) is 9.79. The predicted octanol–water partition coefficient (Wildman–Crippen LogP) is 3.58. The Labute approximate surface area is 175 Å². The highest BCUT2D eigenvalue weighted by molar-refractivity contribution is 6.32. The molecule has 1 amide bonds. The van der Waals surface area contributed by atoms with Gasteiger partial charge < -0.3 is 4.90 Å². The number of halogens is 1. The number of carbonyl (C=O) groups excluding carboxylic acids is 1. The SMILES string of the molecule is Cc1c(C(=O)N2CCN(Cc3ccccc3)CC2C)nnn1-c1ccccc1Cl. The number of para-hydroxylation sites is 1. The van der Waals surface area contributed by atoms with E-state index in [1.807, 2.05) is 36.1 Å². The first-order chi connectivity index (χ1) is 14.0. The molecule has 0 bridgehead atoms. The van der Waals surface area contributed by atoms with Crippen LogP contribution in [0.1, 0.15) is 28.7 Å². The molecule has 1 aliphatic heterocycles. The van der Waals surface area contributed by atoms with Crippen LogP contribution in [0.5, 0.6) is 0 Å². The summed E-state index contributed by atoms with van der Waals surface area (Å²) in [7, 11) is 0. The summed E-state index contributed by atoms with van der Waals surface area (Å²) in [5.74, 6) is -0.0762. The first kappa shape index (κ1) is 19.6. The van der Waals surface area contributed by atoms with Gasteiger partial charge in [0.05, 0.1) is 16.4 Å². The zero-order chi connectivity index (χ0) is 20.4. The second kappa shape index (κ2) is 8.35. The van der Waals surface area contributed by atoms with E-state index in [1.165, 1.54) is 5.56 Å². The fraction of sp³-hybridized carbons (Fsp3) is 0.318. The monoisotopic (exact) mass is 409 g/mol. The summed E-state index contributed by atoms with van der Waals surface area (Å²) in [6.45, 7) is 7.18. The molecule has 3 aromatic rings. The van der Waals surface area contributed by atoms with Crippen molar-refractivity contribution in [2.24, 2.45) is 0 Å². The van der Waals surface area contributed by atoms with Crippen molar-refractivity contribution >= 4 is 17.5 Å². The van der Waals surface area contributed by atoms with Gasteiger partial charge in [-0.1, -0.05) is 59.3 Å². The number of carbonyl (C=O) groups is 1. The largest absolute Gasteiger partial charge is 0.332 e. The van der Waals surface area contributed by atoms with Crippen LogP contribution in [0.25, 0.3) is 5.69 Å². The van der Waals surface area contributed by atoms with Gasteiger partial charge in [0.25, 0.3) is 5.91 Å². The number of nitrogens with zero attached hydrogens (tertiary/aromatic N) is 5. The Balaban J connectivity index is 1.47. The number of aromatic nitrogens is 3. The van der Waals surface area contributed by atoms with E-state index in [4.69, 9.17) is 11.6 Å². The maximum Gasteiger partial charge on any atom is 0.276 e. The average molecular weight is 410 g/mol. The lowest BCUT2D eigenvalue weighted by molar-refractivity contribution is 0.0469. The van der Waals surface area contributed by atoms with Crippen LogP contribution in [-0.2, 0) is 6.54 Å². The zero-order valence-electron chi connectivity index (χ0n) is 16.6. The molecule has 1 fully saturated rings. The molecule has 1 saturated heterocycles. The van der Waals surface area contributed by atoms with Crippen molar-refractivity contribution in [2.45, 2.75) is 26.4 Å². The molecular weight excluding hydrogens is 386 g/mol. The number of rotatable bonds is 4. The van der Waals surface area contributed by atoms with E-state index in [-0.39, 0.29) is 11.9 Å². The van der Waals surface area contributed by atoms with Gasteiger partial charge >= 0.3 is 0 Å². The van der Waals surface area contributed by atoms with Crippen molar-refractivity contribution in [1.82, 2.24) is 24.8 Å². The highest BCUT2D eigenvalue weighted by atomic mass is 35.5. The van der Waals surface area contributed by atoms with Gasteiger partial charge in [0.15, 0.2) is 5.69 Å². The molecule has 1 unspecified atom stereocenters. The number of benzene rings is 2. The summed E-state index contributed by atoms with van der Waals surface area (Å²) in [4.78, 5) is 17.5. The van der Waals surface area contributed by atoms with Crippen LogP contribution in [0.4, 0.5) is 0 Å². The third kappa shape index (κ3) is 4.04. The molecule has 0 saturated carbocycles. The van der Waals surface area contributed by atoms with Gasteiger partial charge in [-0.15, -0.1) is 5.10 Å². The van der Waals surface area contributed by atoms with E-state index in [0.29, 0.717) is 23.0 Å². The van der Waals surface area contributed by atoms with Crippen molar-refractivity contribution in [1.29, 1.82) is 0 Å². The predicted molar refractivity (Wildman–Crippen MR) is 113 cm³/mol. The van der Waals surface area contributed by atoms with Crippen LogP contribution in [0, 0.1) is 6.92 Å². The number of hydrogen-bond donors (Lipinski definition) is 0. The molecule has 0 spiro atoms. The second-order valence-corrected chi connectivity index (χ2v) is 7.86. The molecule has 150 valence electrons. The first-order valence-corrected chi connectivity index (χ1v) is 10.2. The highest BCUT2D eigenvalue weighted by Crippen LogP contribution is 2.22. The number of hydrogen-bond acceptors (Lipinski definition) is 4. The Hall–Kier alpha value is -2.70. The standard InChI is InChI=1S/C22H24ClN5O/c1-16-14-26(15-18-8-4-3-5-9-18)12-13-27(16)22(29)21-17(2)28(25-24-21)20-11-7-6-10-19(20)23/h3-11,16H,12-15H2,1-2H3. The van der Waals surface area contributed by atoms with Crippen molar-refractivity contribution in [3.63, 3.8) is 0 Å². The van der Waals surface area contributed by atoms with Gasteiger partial charge in [-0.2, -0.15) is 0 Å². The molecule has 2 heterocycles. The molecule has 2 aromatic carbocycles. The summed E-state index contributed by atoms with van der Waals surface area (Å²) >= 11 is 6.28. The molecule has 1 aromatic heterocycles. The Morgan fingerprint density at radius 3 is 2.55 bits per heavy atom. The van der Waals surface area contributed by atoms with Crippen LogP contribution in [0.15, 0.2) is 54.6 Å². The van der Waals surface area contributed by atoms with E-state index in [0.717, 1.165) is 25.3 Å². The Bertz CT molecular complexity index is 1000. The molecule has 0 radical (unpaired) electrons. The Morgan fingerprint density at radius 1 is 1.10 bits per heavy atom. The zero-order valence-corrected chi connectivity index (χ0v) is 17.4. The van der Waals surface area contributed by atoms with E-state index in [9.17, 15) is 4.79 Å². The van der Waals surface area contributed by atoms with Crippen molar-refractivity contribution in [3.05, 3.63) is 76.6 Å². The van der Waals surface area contributed by atoms with Gasteiger partial charge in [0, 0.05) is 32.2 Å². The van der Waals surface area contributed by atoms with Crippen LogP contribution in [-0.4, -0.2) is 56.4 Å². The molecule has 0 N–H and O–H groups in total. The highest BCUT2D eigenvalue weighted by Gasteiger charge is 2.31. The second-order valence-electron chi connectivity index (χ2n) is 7.45. The molecule has 29 heavy (non-hydrogen) atoms. The fourth-order valence-corrected chi connectivity index (χ4v) is 4.05. The summed E-state index contributed by atoms with van der Waals surface area (Å²) < 4.78 is 1.63. The minimum atomic E-state index is -0.0762. The summed E-state index contributed by atoms with van der Waals surface area (Å²) in [5.41, 5.74) is 3.09. The number of piperazine rings is 1. The lowest BCUT2D eigenvalue weighted by Gasteiger charge is -2.39. The van der Waals surface area contributed by atoms with Gasteiger partial charge in [0.2, 0.25) is 0 Å². The minimum absolute atomic E-state index is 0.0762. The minimum Gasteiger partial charge on any atom is -0.332 e. The molecule has 1 aliphatic rings. The van der Waals surface area contributed by atoms with E-state index in [2.05, 4.69) is 46.4 Å². The average Bonchev–Trinajstić information content (AvgIpc) is 3.10. The lowest BCUT2D eigenvalue weighted by Crippen LogP contribution is -2.53. The van der Waals surface area contributed by atoms with E-state index in [1.54, 1.807) is 10.7 Å². The number of amides is 1.